The molecule has 2 nitrogen and oxygen atoms in total. The molecule has 2 atom stereocenters. The second kappa shape index (κ2) is 5.31. The zero-order valence-electron chi connectivity index (χ0n) is 11.1. The minimum atomic E-state index is -3.52. The Morgan fingerprint density at radius 1 is 0.857 bits per heavy atom. The first-order valence-corrected chi connectivity index (χ1v) is 9.14. The van der Waals surface area contributed by atoms with Crippen LogP contribution >= 0.6 is 23.2 Å². The predicted molar refractivity (Wildman–Crippen MR) is 86.7 cm³/mol. The molecule has 1 heterocycles. The van der Waals surface area contributed by atoms with Crippen LogP contribution in [-0.4, -0.2) is 24.9 Å². The molecule has 2 unspecified atom stereocenters. The molecule has 2 aromatic carbocycles. The second-order valence-electron chi connectivity index (χ2n) is 5.17. The van der Waals surface area contributed by atoms with Crippen LogP contribution in [0.1, 0.15) is 11.1 Å². The molecular weight excluding hydrogens is 327 g/mol. The fourth-order valence-corrected chi connectivity index (χ4v) is 7.05. The van der Waals surface area contributed by atoms with Gasteiger partial charge in [-0.3, -0.25) is 0 Å². The highest BCUT2D eigenvalue weighted by molar-refractivity contribution is 7.93. The Morgan fingerprint density at radius 2 is 1.29 bits per heavy atom. The number of alkyl halides is 2. The van der Waals surface area contributed by atoms with Crippen molar-refractivity contribution in [3.05, 3.63) is 71.8 Å². The van der Waals surface area contributed by atoms with Gasteiger partial charge in [-0.2, -0.15) is 0 Å². The Labute approximate surface area is 134 Å². The van der Waals surface area contributed by atoms with Gasteiger partial charge < -0.3 is 0 Å². The van der Waals surface area contributed by atoms with Crippen LogP contribution in [-0.2, 0) is 14.6 Å². The van der Waals surface area contributed by atoms with Gasteiger partial charge in [-0.15, -0.1) is 23.2 Å². The summed E-state index contributed by atoms with van der Waals surface area (Å²) in [6.07, 6.45) is 0. The SMILES string of the molecule is O=S1(=O)CC(Cl)C(Cl)C1(c1ccccc1)c1ccccc1. The minimum absolute atomic E-state index is 0.119. The summed E-state index contributed by atoms with van der Waals surface area (Å²) >= 11 is 12.7. The van der Waals surface area contributed by atoms with Gasteiger partial charge in [0.15, 0.2) is 9.84 Å². The molecular formula is C16H14Cl2O2S. The molecule has 110 valence electrons. The number of halogens is 2. The van der Waals surface area contributed by atoms with Crippen LogP contribution in [0.25, 0.3) is 0 Å². The molecule has 3 rings (SSSR count). The van der Waals surface area contributed by atoms with Crippen molar-refractivity contribution in [1.29, 1.82) is 0 Å². The predicted octanol–water partition coefficient (Wildman–Crippen LogP) is 3.57. The molecule has 1 aliphatic heterocycles. The minimum Gasteiger partial charge on any atom is -0.227 e. The van der Waals surface area contributed by atoms with Gasteiger partial charge in [0.1, 0.15) is 4.75 Å². The maximum atomic E-state index is 12.9. The van der Waals surface area contributed by atoms with E-state index in [1.54, 1.807) is 24.3 Å². The summed E-state index contributed by atoms with van der Waals surface area (Å²) in [5.74, 6) is -0.119. The third-order valence-electron chi connectivity index (χ3n) is 3.98. The normalized spacial score (nSPS) is 26.6. The van der Waals surface area contributed by atoms with Crippen molar-refractivity contribution in [3.63, 3.8) is 0 Å². The lowest BCUT2D eigenvalue weighted by Gasteiger charge is -2.32. The zero-order valence-corrected chi connectivity index (χ0v) is 13.4. The van der Waals surface area contributed by atoms with Crippen LogP contribution in [0.15, 0.2) is 60.7 Å². The summed E-state index contributed by atoms with van der Waals surface area (Å²) < 4.78 is 24.6. The van der Waals surface area contributed by atoms with Gasteiger partial charge in [-0.1, -0.05) is 60.7 Å². The quantitative estimate of drug-likeness (QED) is 0.783. The Kier molecular flexibility index (Phi) is 3.76. The maximum Gasteiger partial charge on any atom is 0.167 e. The van der Waals surface area contributed by atoms with E-state index in [4.69, 9.17) is 23.2 Å². The molecule has 2 aromatic rings. The Balaban J connectivity index is 2.37. The summed E-state index contributed by atoms with van der Waals surface area (Å²) in [7, 11) is -3.52. The molecule has 1 saturated heterocycles. The van der Waals surface area contributed by atoms with Crippen molar-refractivity contribution in [2.75, 3.05) is 5.75 Å². The van der Waals surface area contributed by atoms with Crippen LogP contribution in [0.3, 0.4) is 0 Å². The first-order valence-electron chi connectivity index (χ1n) is 6.61. The van der Waals surface area contributed by atoms with Crippen molar-refractivity contribution in [2.45, 2.75) is 15.5 Å². The van der Waals surface area contributed by atoms with E-state index in [9.17, 15) is 8.42 Å². The van der Waals surface area contributed by atoms with Gasteiger partial charge >= 0.3 is 0 Å². The maximum absolute atomic E-state index is 12.9. The number of rotatable bonds is 2. The van der Waals surface area contributed by atoms with Crippen LogP contribution in [0.2, 0.25) is 0 Å². The lowest BCUT2D eigenvalue weighted by atomic mass is 9.86. The number of hydrogen-bond acceptors (Lipinski definition) is 2. The molecule has 0 amide bonds. The lowest BCUT2D eigenvalue weighted by Crippen LogP contribution is -2.40. The lowest BCUT2D eigenvalue weighted by molar-refractivity contribution is 0.567. The molecule has 0 saturated carbocycles. The topological polar surface area (TPSA) is 34.1 Å². The number of hydrogen-bond donors (Lipinski definition) is 0. The van der Waals surface area contributed by atoms with Gasteiger partial charge in [-0.25, -0.2) is 8.42 Å². The second-order valence-corrected chi connectivity index (χ2v) is 8.40. The smallest absolute Gasteiger partial charge is 0.167 e. The van der Waals surface area contributed by atoms with Crippen LogP contribution < -0.4 is 0 Å². The summed E-state index contributed by atoms with van der Waals surface area (Å²) in [5, 5.41) is -1.33. The van der Waals surface area contributed by atoms with E-state index in [2.05, 4.69) is 0 Å². The molecule has 5 heteroatoms. The summed E-state index contributed by atoms with van der Waals surface area (Å²) in [6.45, 7) is 0. The monoisotopic (exact) mass is 340 g/mol. The molecule has 0 N–H and O–H groups in total. The molecule has 0 radical (unpaired) electrons. The Bertz CT molecular complexity index is 690. The van der Waals surface area contributed by atoms with Crippen LogP contribution in [0, 0.1) is 0 Å². The van der Waals surface area contributed by atoms with E-state index < -0.39 is 25.3 Å². The third-order valence-corrected chi connectivity index (χ3v) is 7.96. The van der Waals surface area contributed by atoms with Gasteiger partial charge in [0.2, 0.25) is 0 Å². The van der Waals surface area contributed by atoms with Crippen LogP contribution in [0.4, 0.5) is 0 Å². The van der Waals surface area contributed by atoms with E-state index in [1.807, 2.05) is 36.4 Å². The highest BCUT2D eigenvalue weighted by Crippen LogP contribution is 2.51. The summed E-state index contributed by atoms with van der Waals surface area (Å²) in [6, 6.07) is 18.2. The van der Waals surface area contributed by atoms with E-state index in [-0.39, 0.29) is 5.75 Å². The van der Waals surface area contributed by atoms with Crippen molar-refractivity contribution in [3.8, 4) is 0 Å². The highest BCUT2D eigenvalue weighted by Gasteiger charge is 2.60. The molecule has 1 fully saturated rings. The molecule has 0 spiro atoms. The third kappa shape index (κ3) is 2.10. The van der Waals surface area contributed by atoms with E-state index in [0.717, 1.165) is 0 Å². The Hall–Kier alpha value is -1.03. The molecule has 0 aromatic heterocycles. The fourth-order valence-electron chi connectivity index (χ4n) is 3.07. The summed E-state index contributed by atoms with van der Waals surface area (Å²) in [5.41, 5.74) is 1.33. The van der Waals surface area contributed by atoms with Gasteiger partial charge in [0.05, 0.1) is 16.5 Å². The van der Waals surface area contributed by atoms with Crippen molar-refractivity contribution in [2.24, 2.45) is 0 Å². The fraction of sp³-hybridized carbons (Fsp3) is 0.250. The van der Waals surface area contributed by atoms with E-state index >= 15 is 0 Å². The van der Waals surface area contributed by atoms with Crippen LogP contribution in [0.5, 0.6) is 0 Å². The molecule has 21 heavy (non-hydrogen) atoms. The Morgan fingerprint density at radius 3 is 1.62 bits per heavy atom. The van der Waals surface area contributed by atoms with Crippen molar-refractivity contribution in [1.82, 2.24) is 0 Å². The number of benzene rings is 2. The largest absolute Gasteiger partial charge is 0.227 e. The average molecular weight is 341 g/mol. The molecule has 0 bridgehead atoms. The van der Waals surface area contributed by atoms with Crippen molar-refractivity contribution < 1.29 is 8.42 Å². The standard InChI is InChI=1S/C16H14Cl2O2S/c17-14-11-21(19,20)16(15(14)18,12-7-3-1-4-8-12)13-9-5-2-6-10-13/h1-10,14-15H,11H2. The van der Waals surface area contributed by atoms with Gasteiger partial charge in [-0.05, 0) is 11.1 Å². The van der Waals surface area contributed by atoms with E-state index in [1.165, 1.54) is 0 Å². The van der Waals surface area contributed by atoms with Crippen molar-refractivity contribution >= 4 is 33.0 Å². The van der Waals surface area contributed by atoms with Gasteiger partial charge in [0.25, 0.3) is 0 Å². The number of sulfone groups is 1. The van der Waals surface area contributed by atoms with E-state index in [0.29, 0.717) is 11.1 Å². The average Bonchev–Trinajstić information content (AvgIpc) is 2.67. The zero-order chi connectivity index (χ0) is 15.1. The molecule has 1 aliphatic rings. The summed E-state index contributed by atoms with van der Waals surface area (Å²) in [4.78, 5) is 0. The van der Waals surface area contributed by atoms with Gasteiger partial charge in [0, 0.05) is 0 Å². The molecule has 0 aliphatic carbocycles. The highest BCUT2D eigenvalue weighted by atomic mass is 35.5. The first-order chi connectivity index (χ1) is 10.00. The first kappa shape index (κ1) is 14.9.